The minimum Gasteiger partial charge on any atom is -0.396 e. The average Bonchev–Trinajstić information content (AvgIpc) is 2.52. The maximum Gasteiger partial charge on any atom is 0.105 e. The van der Waals surface area contributed by atoms with Crippen LogP contribution in [-0.2, 0) is 5.41 Å². The molecule has 5 atom stereocenters. The monoisotopic (exact) mass is 318 g/mol. The molecule has 0 radical (unpaired) electrons. The third kappa shape index (κ3) is 2.36. The smallest absolute Gasteiger partial charge is 0.105 e. The van der Waals surface area contributed by atoms with E-state index in [2.05, 4.69) is 45.9 Å². The Bertz CT molecular complexity index is 597. The molecule has 0 spiro atoms. The highest BCUT2D eigenvalue weighted by Gasteiger charge is 2.57. The van der Waals surface area contributed by atoms with E-state index in [9.17, 15) is 15.3 Å². The largest absolute Gasteiger partial charge is 0.396 e. The fourth-order valence-corrected chi connectivity index (χ4v) is 5.28. The lowest BCUT2D eigenvalue weighted by Gasteiger charge is -2.57. The zero-order valence-electron chi connectivity index (χ0n) is 14.7. The van der Waals surface area contributed by atoms with Gasteiger partial charge in [-0.15, -0.1) is 0 Å². The number of hydrogen-bond donors (Lipinski definition) is 3. The SMILES string of the molecule is CC(C)c1ccc2c(c1)C(O)[C@H](O)[C@H]1[C@](C)(CO)CCC[C@]21C. The minimum absolute atomic E-state index is 0.0520. The van der Waals surface area contributed by atoms with Gasteiger partial charge in [0, 0.05) is 12.5 Å². The van der Waals surface area contributed by atoms with E-state index < -0.39 is 12.2 Å². The molecule has 3 nitrogen and oxygen atoms in total. The van der Waals surface area contributed by atoms with E-state index in [0.717, 1.165) is 30.4 Å². The van der Waals surface area contributed by atoms with Gasteiger partial charge in [-0.1, -0.05) is 52.3 Å². The van der Waals surface area contributed by atoms with Crippen molar-refractivity contribution in [1.82, 2.24) is 0 Å². The predicted octanol–water partition coefficient (Wildman–Crippen LogP) is 3.27. The van der Waals surface area contributed by atoms with Crippen molar-refractivity contribution in [1.29, 1.82) is 0 Å². The first-order valence-electron chi connectivity index (χ1n) is 8.86. The van der Waals surface area contributed by atoms with Crippen molar-refractivity contribution in [3.63, 3.8) is 0 Å². The van der Waals surface area contributed by atoms with Gasteiger partial charge in [-0.25, -0.2) is 0 Å². The second kappa shape index (κ2) is 5.58. The van der Waals surface area contributed by atoms with Crippen molar-refractivity contribution < 1.29 is 15.3 Å². The Morgan fingerprint density at radius 2 is 1.87 bits per heavy atom. The normalized spacial score (nSPS) is 39.9. The Morgan fingerprint density at radius 3 is 2.48 bits per heavy atom. The van der Waals surface area contributed by atoms with Gasteiger partial charge >= 0.3 is 0 Å². The van der Waals surface area contributed by atoms with Crippen LogP contribution in [0.15, 0.2) is 18.2 Å². The summed E-state index contributed by atoms with van der Waals surface area (Å²) in [6.45, 7) is 8.59. The first-order valence-corrected chi connectivity index (χ1v) is 8.86. The second-order valence-corrected chi connectivity index (χ2v) is 8.50. The number of benzene rings is 1. The van der Waals surface area contributed by atoms with Gasteiger partial charge in [0.05, 0.1) is 6.10 Å². The molecule has 3 heteroatoms. The molecule has 0 aromatic heterocycles. The zero-order valence-corrected chi connectivity index (χ0v) is 14.7. The van der Waals surface area contributed by atoms with Gasteiger partial charge in [-0.05, 0) is 46.3 Å². The van der Waals surface area contributed by atoms with E-state index in [1.54, 1.807) is 0 Å². The summed E-state index contributed by atoms with van der Waals surface area (Å²) in [5.41, 5.74) is 2.69. The highest BCUT2D eigenvalue weighted by Crippen LogP contribution is 2.59. The molecule has 1 aromatic carbocycles. The minimum atomic E-state index is -0.870. The standard InChI is InChI=1S/C20H30O3/c1-12(2)13-6-7-15-14(10-13)16(22)17(23)18-19(3,11-21)8-5-9-20(15,18)4/h6-7,10,12,16-18,21-23H,5,8-9,11H2,1-4H3/t16?,17-,18-,19-,20+/m0/s1. The van der Waals surface area contributed by atoms with Crippen molar-refractivity contribution in [3.05, 3.63) is 34.9 Å². The van der Waals surface area contributed by atoms with Crippen LogP contribution in [0.4, 0.5) is 0 Å². The molecule has 2 aliphatic carbocycles. The van der Waals surface area contributed by atoms with Gasteiger partial charge in [0.25, 0.3) is 0 Å². The zero-order chi connectivity index (χ0) is 17.0. The molecule has 1 saturated carbocycles. The van der Waals surface area contributed by atoms with Crippen LogP contribution in [0.3, 0.4) is 0 Å². The fraction of sp³-hybridized carbons (Fsp3) is 0.700. The van der Waals surface area contributed by atoms with Gasteiger partial charge < -0.3 is 15.3 Å². The molecular formula is C20H30O3. The summed E-state index contributed by atoms with van der Waals surface area (Å²) in [5, 5.41) is 31.7. The quantitative estimate of drug-likeness (QED) is 0.784. The summed E-state index contributed by atoms with van der Waals surface area (Å²) in [6, 6.07) is 6.37. The summed E-state index contributed by atoms with van der Waals surface area (Å²) in [6.07, 6.45) is 1.23. The molecule has 0 heterocycles. The molecule has 2 aliphatic rings. The van der Waals surface area contributed by atoms with Crippen LogP contribution in [0.2, 0.25) is 0 Å². The molecule has 1 unspecified atom stereocenters. The number of aliphatic hydroxyl groups excluding tert-OH is 3. The molecule has 3 rings (SSSR count). The molecule has 0 aliphatic heterocycles. The van der Waals surface area contributed by atoms with Crippen LogP contribution in [-0.4, -0.2) is 28.0 Å². The summed E-state index contributed by atoms with van der Waals surface area (Å²) < 4.78 is 0. The van der Waals surface area contributed by atoms with Crippen LogP contribution in [0.5, 0.6) is 0 Å². The van der Waals surface area contributed by atoms with E-state index in [-0.39, 0.29) is 23.4 Å². The molecule has 3 N–H and O–H groups in total. The van der Waals surface area contributed by atoms with Gasteiger partial charge in [0.2, 0.25) is 0 Å². The van der Waals surface area contributed by atoms with E-state index in [1.165, 1.54) is 5.56 Å². The first-order chi connectivity index (χ1) is 10.7. The van der Waals surface area contributed by atoms with Crippen molar-refractivity contribution in [3.8, 4) is 0 Å². The summed E-state index contributed by atoms with van der Waals surface area (Å²) >= 11 is 0. The molecule has 1 fully saturated rings. The maximum absolute atomic E-state index is 10.9. The predicted molar refractivity (Wildman–Crippen MR) is 91.4 cm³/mol. The molecular weight excluding hydrogens is 288 g/mol. The maximum atomic E-state index is 10.9. The Balaban J connectivity index is 2.18. The van der Waals surface area contributed by atoms with E-state index in [4.69, 9.17) is 0 Å². The van der Waals surface area contributed by atoms with Gasteiger partial charge in [0.15, 0.2) is 0 Å². The number of hydrogen-bond acceptors (Lipinski definition) is 3. The van der Waals surface area contributed by atoms with Gasteiger partial charge in [-0.3, -0.25) is 0 Å². The van der Waals surface area contributed by atoms with Crippen LogP contribution >= 0.6 is 0 Å². The van der Waals surface area contributed by atoms with Crippen molar-refractivity contribution in [2.24, 2.45) is 11.3 Å². The first kappa shape index (κ1) is 16.9. The second-order valence-electron chi connectivity index (χ2n) is 8.50. The fourth-order valence-electron chi connectivity index (χ4n) is 5.28. The molecule has 0 bridgehead atoms. The summed E-state index contributed by atoms with van der Waals surface area (Å²) in [5.74, 6) is 0.269. The lowest BCUT2D eigenvalue weighted by atomic mass is 9.48. The third-order valence-corrected chi connectivity index (χ3v) is 6.58. The van der Waals surface area contributed by atoms with E-state index in [1.807, 2.05) is 0 Å². The van der Waals surface area contributed by atoms with Crippen LogP contribution in [0.1, 0.15) is 75.7 Å². The average molecular weight is 318 g/mol. The van der Waals surface area contributed by atoms with Crippen LogP contribution in [0.25, 0.3) is 0 Å². The van der Waals surface area contributed by atoms with Crippen LogP contribution < -0.4 is 0 Å². The lowest BCUT2D eigenvalue weighted by Crippen LogP contribution is -2.57. The van der Waals surface area contributed by atoms with Gasteiger partial charge in [0.1, 0.15) is 6.10 Å². The van der Waals surface area contributed by atoms with E-state index in [0.29, 0.717) is 5.92 Å². The van der Waals surface area contributed by atoms with Crippen molar-refractivity contribution in [2.75, 3.05) is 6.61 Å². The summed E-state index contributed by atoms with van der Waals surface area (Å²) in [4.78, 5) is 0. The summed E-state index contributed by atoms with van der Waals surface area (Å²) in [7, 11) is 0. The highest BCUT2D eigenvalue weighted by molar-refractivity contribution is 5.44. The van der Waals surface area contributed by atoms with Crippen LogP contribution in [0, 0.1) is 11.3 Å². The third-order valence-electron chi connectivity index (χ3n) is 6.58. The molecule has 0 amide bonds. The van der Waals surface area contributed by atoms with Crippen molar-refractivity contribution >= 4 is 0 Å². The molecule has 128 valence electrons. The molecule has 1 aromatic rings. The number of rotatable bonds is 2. The Hall–Kier alpha value is -0.900. The van der Waals surface area contributed by atoms with Crippen molar-refractivity contribution in [2.45, 2.75) is 70.5 Å². The number of aliphatic hydroxyl groups is 3. The topological polar surface area (TPSA) is 60.7 Å². The number of fused-ring (bicyclic) bond motifs is 3. The highest BCUT2D eigenvalue weighted by atomic mass is 16.3. The van der Waals surface area contributed by atoms with Gasteiger partial charge in [-0.2, -0.15) is 0 Å². The Morgan fingerprint density at radius 1 is 1.17 bits per heavy atom. The molecule has 0 saturated heterocycles. The van der Waals surface area contributed by atoms with E-state index >= 15 is 0 Å². The molecule has 23 heavy (non-hydrogen) atoms. The lowest BCUT2D eigenvalue weighted by molar-refractivity contribution is -0.131. The Kier molecular flexibility index (Phi) is 4.11. The Labute approximate surface area is 139 Å².